The van der Waals surface area contributed by atoms with Crippen molar-refractivity contribution in [3.63, 3.8) is 0 Å². The van der Waals surface area contributed by atoms with Crippen molar-refractivity contribution >= 4 is 0 Å². The Hall–Kier alpha value is -2.59. The number of nitriles is 1. The highest BCUT2D eigenvalue weighted by molar-refractivity contribution is 5.38. The number of benzene rings is 2. The molecule has 1 aliphatic carbocycles. The van der Waals surface area contributed by atoms with Gasteiger partial charge in [0.15, 0.2) is 0 Å². The van der Waals surface area contributed by atoms with Crippen LogP contribution in [0.2, 0.25) is 0 Å². The second-order valence-corrected chi connectivity index (χ2v) is 9.27. The fraction of sp³-hybridized carbons (Fsp3) is 0.519. The van der Waals surface area contributed by atoms with Crippen molar-refractivity contribution in [3.05, 3.63) is 60.2 Å². The first-order valence-corrected chi connectivity index (χ1v) is 12.0. The van der Waals surface area contributed by atoms with Crippen LogP contribution in [-0.4, -0.2) is 73.5 Å². The fourth-order valence-electron chi connectivity index (χ4n) is 5.22. The van der Waals surface area contributed by atoms with E-state index in [-0.39, 0.29) is 0 Å². The van der Waals surface area contributed by atoms with Crippen LogP contribution in [0, 0.1) is 11.3 Å². The van der Waals surface area contributed by atoms with Crippen molar-refractivity contribution in [2.45, 2.75) is 43.2 Å². The maximum absolute atomic E-state index is 10.4. The van der Waals surface area contributed by atoms with Gasteiger partial charge in [-0.1, -0.05) is 30.3 Å². The molecule has 0 bridgehead atoms. The van der Waals surface area contributed by atoms with Crippen LogP contribution in [-0.2, 0) is 5.41 Å². The summed E-state index contributed by atoms with van der Waals surface area (Å²) in [5.74, 6) is 1.61. The second-order valence-electron chi connectivity index (χ2n) is 9.27. The van der Waals surface area contributed by atoms with Gasteiger partial charge in [0.05, 0.1) is 18.6 Å². The van der Waals surface area contributed by atoms with E-state index in [1.165, 1.54) is 0 Å². The quantitative estimate of drug-likeness (QED) is 0.666. The minimum atomic E-state index is -0.495. The molecule has 2 aromatic rings. The highest BCUT2D eigenvalue weighted by Gasteiger charge is 2.39. The summed E-state index contributed by atoms with van der Waals surface area (Å²) in [5, 5.41) is 20.4. The van der Waals surface area contributed by atoms with Gasteiger partial charge in [0, 0.05) is 38.8 Å². The molecule has 4 rings (SSSR count). The highest BCUT2D eigenvalue weighted by Crippen LogP contribution is 2.41. The van der Waals surface area contributed by atoms with E-state index >= 15 is 0 Å². The predicted molar refractivity (Wildman–Crippen MR) is 128 cm³/mol. The van der Waals surface area contributed by atoms with E-state index in [2.05, 4.69) is 21.9 Å². The summed E-state index contributed by atoms with van der Waals surface area (Å²) in [4.78, 5) is 4.91. The Labute approximate surface area is 197 Å². The molecule has 176 valence electrons. The van der Waals surface area contributed by atoms with E-state index in [1.807, 2.05) is 48.5 Å². The van der Waals surface area contributed by atoms with Crippen LogP contribution < -0.4 is 9.47 Å². The van der Waals surface area contributed by atoms with Gasteiger partial charge >= 0.3 is 0 Å². The average Bonchev–Trinajstić information content (AvgIpc) is 2.88. The Morgan fingerprint density at radius 1 is 1.03 bits per heavy atom. The number of aliphatic hydroxyl groups excluding tert-OH is 1. The van der Waals surface area contributed by atoms with Gasteiger partial charge < -0.3 is 14.6 Å². The first-order valence-electron chi connectivity index (χ1n) is 12.0. The molecule has 33 heavy (non-hydrogen) atoms. The van der Waals surface area contributed by atoms with Gasteiger partial charge in [-0.15, -0.1) is 0 Å². The van der Waals surface area contributed by atoms with E-state index in [9.17, 15) is 10.4 Å². The maximum atomic E-state index is 10.4. The molecule has 0 amide bonds. The number of nitrogens with zero attached hydrogens (tertiary/aromatic N) is 3. The van der Waals surface area contributed by atoms with Gasteiger partial charge in [-0.3, -0.25) is 9.80 Å². The molecule has 1 aliphatic heterocycles. The molecule has 2 fully saturated rings. The molecule has 1 saturated carbocycles. The summed E-state index contributed by atoms with van der Waals surface area (Å²) in [5.41, 5.74) is 0.676. The van der Waals surface area contributed by atoms with Crippen molar-refractivity contribution in [2.24, 2.45) is 0 Å². The minimum Gasteiger partial charge on any atom is -0.497 e. The number of piperazine rings is 1. The van der Waals surface area contributed by atoms with Crippen molar-refractivity contribution in [3.8, 4) is 17.6 Å². The van der Waals surface area contributed by atoms with Crippen molar-refractivity contribution < 1.29 is 14.6 Å². The molecule has 1 N–H and O–H groups in total. The van der Waals surface area contributed by atoms with E-state index in [0.717, 1.165) is 68.9 Å². The molecule has 1 heterocycles. The number of rotatable bonds is 8. The Bertz CT molecular complexity index is 914. The van der Waals surface area contributed by atoms with Crippen LogP contribution in [0.3, 0.4) is 0 Å². The van der Waals surface area contributed by atoms with E-state index in [1.54, 1.807) is 7.11 Å². The first-order chi connectivity index (χ1) is 16.1. The van der Waals surface area contributed by atoms with Gasteiger partial charge in [0.25, 0.3) is 0 Å². The molecule has 0 radical (unpaired) electrons. The lowest BCUT2D eigenvalue weighted by Crippen LogP contribution is -2.53. The third-order valence-corrected chi connectivity index (χ3v) is 7.22. The Balaban J connectivity index is 1.22. The summed E-state index contributed by atoms with van der Waals surface area (Å²) >= 11 is 0. The van der Waals surface area contributed by atoms with Gasteiger partial charge in [-0.25, -0.2) is 0 Å². The summed E-state index contributed by atoms with van der Waals surface area (Å²) in [6.45, 7) is 4.88. The van der Waals surface area contributed by atoms with Crippen molar-refractivity contribution in [1.82, 2.24) is 9.80 Å². The number of β-amino-alcohol motifs (C(OH)–C–C–N with tert-alkyl or cyclic N) is 1. The molecule has 1 unspecified atom stereocenters. The zero-order chi connectivity index (χ0) is 23.1. The molecule has 6 heteroatoms. The van der Waals surface area contributed by atoms with Crippen LogP contribution >= 0.6 is 0 Å². The number of hydrogen-bond acceptors (Lipinski definition) is 6. The number of methoxy groups -OCH3 is 1. The fourth-order valence-corrected chi connectivity index (χ4v) is 5.22. The topological polar surface area (TPSA) is 69.0 Å². The Morgan fingerprint density at radius 3 is 2.39 bits per heavy atom. The maximum Gasteiger partial charge on any atom is 0.119 e. The molecule has 6 nitrogen and oxygen atoms in total. The molecular weight excluding hydrogens is 414 g/mol. The molecule has 1 atom stereocenters. The van der Waals surface area contributed by atoms with Crippen LogP contribution in [0.4, 0.5) is 0 Å². The SMILES string of the molecule is COc1cccc([C@]2(C#N)CC[C@@H](N3CCN(CC(O)COc4ccccc4)CC3)CC2)c1. The van der Waals surface area contributed by atoms with E-state index < -0.39 is 11.5 Å². The van der Waals surface area contributed by atoms with Gasteiger partial charge in [0.2, 0.25) is 0 Å². The third-order valence-electron chi connectivity index (χ3n) is 7.22. The smallest absolute Gasteiger partial charge is 0.119 e. The monoisotopic (exact) mass is 449 g/mol. The second kappa shape index (κ2) is 11.0. The van der Waals surface area contributed by atoms with Gasteiger partial charge in [-0.2, -0.15) is 5.26 Å². The molecule has 2 aliphatic rings. The first kappa shape index (κ1) is 23.6. The van der Waals surface area contributed by atoms with E-state index in [4.69, 9.17) is 9.47 Å². The van der Waals surface area contributed by atoms with Gasteiger partial charge in [0.1, 0.15) is 24.2 Å². The van der Waals surface area contributed by atoms with Gasteiger partial charge in [-0.05, 0) is 55.5 Å². The average molecular weight is 450 g/mol. The third kappa shape index (κ3) is 5.86. The summed E-state index contributed by atoms with van der Waals surface area (Å²) < 4.78 is 11.1. The highest BCUT2D eigenvalue weighted by atomic mass is 16.5. The standard InChI is InChI=1S/C27H35N3O3/c1-32-26-9-5-6-22(18-26)27(21-28)12-10-23(11-13-27)30-16-14-29(15-17-30)19-24(31)20-33-25-7-3-2-4-8-25/h2-9,18,23-24,31H,10-17,19-20H2,1H3/t23-,24?,27-. The molecule has 0 aromatic heterocycles. The largest absolute Gasteiger partial charge is 0.497 e. The zero-order valence-corrected chi connectivity index (χ0v) is 19.5. The number of ether oxygens (including phenoxy) is 2. The Kier molecular flexibility index (Phi) is 7.87. The number of hydrogen-bond donors (Lipinski definition) is 1. The lowest BCUT2D eigenvalue weighted by molar-refractivity contribution is 0.0286. The summed E-state index contributed by atoms with van der Waals surface area (Å²) in [6.07, 6.45) is 3.36. The zero-order valence-electron chi connectivity index (χ0n) is 19.5. The number of para-hydroxylation sites is 1. The normalized spacial score (nSPS) is 25.2. The van der Waals surface area contributed by atoms with Crippen molar-refractivity contribution in [1.29, 1.82) is 5.26 Å². The van der Waals surface area contributed by atoms with E-state index in [0.29, 0.717) is 19.2 Å². The molecule has 0 spiro atoms. The minimum absolute atomic E-state index is 0.313. The molecule has 1 saturated heterocycles. The summed E-state index contributed by atoms with van der Waals surface area (Å²) in [6, 6.07) is 20.8. The molecular formula is C27H35N3O3. The van der Waals surface area contributed by atoms with Crippen LogP contribution in [0.5, 0.6) is 11.5 Å². The number of aliphatic hydroxyl groups is 1. The molecule has 2 aromatic carbocycles. The predicted octanol–water partition coefficient (Wildman–Crippen LogP) is 3.46. The lowest BCUT2D eigenvalue weighted by Gasteiger charge is -2.44. The Morgan fingerprint density at radius 2 is 1.73 bits per heavy atom. The van der Waals surface area contributed by atoms with Crippen LogP contribution in [0.1, 0.15) is 31.2 Å². The lowest BCUT2D eigenvalue weighted by atomic mass is 9.69. The van der Waals surface area contributed by atoms with Crippen molar-refractivity contribution in [2.75, 3.05) is 46.4 Å². The van der Waals surface area contributed by atoms with Crippen LogP contribution in [0.25, 0.3) is 0 Å². The van der Waals surface area contributed by atoms with Crippen LogP contribution in [0.15, 0.2) is 54.6 Å². The summed E-state index contributed by atoms with van der Waals surface area (Å²) in [7, 11) is 1.67.